The maximum atomic E-state index is 15.1. The van der Waals surface area contributed by atoms with Crippen LogP contribution in [-0.2, 0) is 28.7 Å². The SMILES string of the molecule is CCCCCCCC1COC(CCc2ccc3c(F)c(CCc4ccc(F)cc4)ccc3c2)OC1. The van der Waals surface area contributed by atoms with Crippen LogP contribution in [0.4, 0.5) is 8.78 Å². The van der Waals surface area contributed by atoms with Gasteiger partial charge in [-0.15, -0.1) is 0 Å². The molecule has 1 fully saturated rings. The molecule has 4 rings (SSSR count). The zero-order chi connectivity index (χ0) is 24.5. The van der Waals surface area contributed by atoms with Crippen LogP contribution >= 0.6 is 0 Å². The highest BCUT2D eigenvalue weighted by molar-refractivity contribution is 5.84. The first-order chi connectivity index (χ1) is 17.1. The van der Waals surface area contributed by atoms with E-state index < -0.39 is 0 Å². The summed E-state index contributed by atoms with van der Waals surface area (Å²) < 4.78 is 40.2. The van der Waals surface area contributed by atoms with Crippen LogP contribution in [0.15, 0.2) is 54.6 Å². The van der Waals surface area contributed by atoms with E-state index in [1.165, 1.54) is 56.2 Å². The maximum Gasteiger partial charge on any atom is 0.157 e. The Bertz CT molecular complexity index is 1060. The Labute approximate surface area is 208 Å². The second-order valence-corrected chi connectivity index (χ2v) is 9.92. The number of halogens is 2. The van der Waals surface area contributed by atoms with Gasteiger partial charge in [-0.25, -0.2) is 8.78 Å². The fourth-order valence-electron chi connectivity index (χ4n) is 4.90. The summed E-state index contributed by atoms with van der Waals surface area (Å²) >= 11 is 0. The Morgan fingerprint density at radius 2 is 1.49 bits per heavy atom. The highest BCUT2D eigenvalue weighted by Gasteiger charge is 2.21. The fourth-order valence-corrected chi connectivity index (χ4v) is 4.90. The van der Waals surface area contributed by atoms with Gasteiger partial charge in [-0.2, -0.15) is 0 Å². The molecule has 1 heterocycles. The molecular formula is C31H38F2O2. The number of benzene rings is 3. The predicted molar refractivity (Wildman–Crippen MR) is 139 cm³/mol. The van der Waals surface area contributed by atoms with E-state index in [9.17, 15) is 4.39 Å². The van der Waals surface area contributed by atoms with Gasteiger partial charge < -0.3 is 9.47 Å². The quantitative estimate of drug-likeness (QED) is 0.243. The summed E-state index contributed by atoms with van der Waals surface area (Å²) in [6.45, 7) is 3.83. The van der Waals surface area contributed by atoms with Gasteiger partial charge in [0.05, 0.1) is 13.2 Å². The third-order valence-electron chi connectivity index (χ3n) is 7.12. The number of rotatable bonds is 12. The Kier molecular flexibility index (Phi) is 9.67. The Morgan fingerprint density at radius 3 is 2.26 bits per heavy atom. The lowest BCUT2D eigenvalue weighted by Gasteiger charge is -2.29. The standard InChI is InChI=1S/C31H38F2O2/c1-2-3-4-5-6-7-25-21-34-30(35-22-25)19-12-24-11-18-29-27(20-24)15-14-26(31(29)33)13-8-23-9-16-28(32)17-10-23/h9-11,14-18,20,25,30H,2-8,12-13,19,21-22H2,1H3. The molecule has 3 aromatic rings. The molecule has 0 amide bonds. The van der Waals surface area contributed by atoms with Crippen LogP contribution in [0.1, 0.15) is 68.6 Å². The normalized spacial score (nSPS) is 18.3. The van der Waals surface area contributed by atoms with Crippen molar-refractivity contribution in [3.05, 3.63) is 82.9 Å². The van der Waals surface area contributed by atoms with Crippen molar-refractivity contribution in [2.75, 3.05) is 13.2 Å². The molecule has 2 nitrogen and oxygen atoms in total. The van der Waals surface area contributed by atoms with Crippen molar-refractivity contribution in [1.29, 1.82) is 0 Å². The summed E-state index contributed by atoms with van der Waals surface area (Å²) in [5.74, 6) is 0.116. The summed E-state index contributed by atoms with van der Waals surface area (Å²) in [6.07, 6.45) is 10.5. The number of unbranched alkanes of at least 4 members (excludes halogenated alkanes) is 4. The number of hydrogen-bond acceptors (Lipinski definition) is 2. The maximum absolute atomic E-state index is 15.1. The van der Waals surface area contributed by atoms with Crippen molar-refractivity contribution in [3.8, 4) is 0 Å². The van der Waals surface area contributed by atoms with Crippen LogP contribution in [0.5, 0.6) is 0 Å². The predicted octanol–water partition coefficient (Wildman–Crippen LogP) is 8.19. The molecule has 0 unspecified atom stereocenters. The average molecular weight is 481 g/mol. The smallest absolute Gasteiger partial charge is 0.157 e. The molecule has 0 bridgehead atoms. The molecule has 0 saturated carbocycles. The lowest BCUT2D eigenvalue weighted by atomic mass is 9.98. The van der Waals surface area contributed by atoms with Crippen molar-refractivity contribution in [2.45, 2.75) is 77.4 Å². The van der Waals surface area contributed by atoms with Crippen molar-refractivity contribution in [2.24, 2.45) is 5.92 Å². The number of ether oxygens (including phenoxy) is 2. The van der Waals surface area contributed by atoms with Crippen LogP contribution in [0.2, 0.25) is 0 Å². The van der Waals surface area contributed by atoms with Gasteiger partial charge in [-0.1, -0.05) is 81.5 Å². The van der Waals surface area contributed by atoms with Gasteiger partial charge in [0.25, 0.3) is 0 Å². The lowest BCUT2D eigenvalue weighted by Crippen LogP contribution is -2.32. The monoisotopic (exact) mass is 480 g/mol. The third-order valence-corrected chi connectivity index (χ3v) is 7.12. The van der Waals surface area contributed by atoms with Gasteiger partial charge >= 0.3 is 0 Å². The first-order valence-electron chi connectivity index (χ1n) is 13.3. The van der Waals surface area contributed by atoms with Crippen molar-refractivity contribution in [1.82, 2.24) is 0 Å². The van der Waals surface area contributed by atoms with Crippen LogP contribution in [0, 0.1) is 17.6 Å². The molecule has 3 aromatic carbocycles. The molecule has 0 atom stereocenters. The van der Waals surface area contributed by atoms with Crippen LogP contribution < -0.4 is 0 Å². The summed E-state index contributed by atoms with van der Waals surface area (Å²) in [4.78, 5) is 0. The highest BCUT2D eigenvalue weighted by Crippen LogP contribution is 2.26. The van der Waals surface area contributed by atoms with Gasteiger partial charge in [0.2, 0.25) is 0 Å². The molecular weight excluding hydrogens is 442 g/mol. The zero-order valence-electron chi connectivity index (χ0n) is 20.9. The molecule has 4 heteroatoms. The molecule has 0 aromatic heterocycles. The lowest BCUT2D eigenvalue weighted by molar-refractivity contribution is -0.203. The zero-order valence-corrected chi connectivity index (χ0v) is 20.9. The molecule has 1 aliphatic heterocycles. The van der Waals surface area contributed by atoms with E-state index in [0.29, 0.717) is 29.7 Å². The topological polar surface area (TPSA) is 18.5 Å². The summed E-state index contributed by atoms with van der Waals surface area (Å²) in [6, 6.07) is 16.3. The Morgan fingerprint density at radius 1 is 0.743 bits per heavy atom. The highest BCUT2D eigenvalue weighted by atomic mass is 19.1. The second kappa shape index (κ2) is 13.1. The molecule has 1 aliphatic rings. The first-order valence-corrected chi connectivity index (χ1v) is 13.3. The minimum absolute atomic E-state index is 0.146. The number of hydrogen-bond donors (Lipinski definition) is 0. The molecule has 0 spiro atoms. The van der Waals surface area contributed by atoms with Gasteiger partial charge in [-0.05, 0) is 59.9 Å². The minimum Gasteiger partial charge on any atom is -0.352 e. The van der Waals surface area contributed by atoms with E-state index in [4.69, 9.17) is 9.47 Å². The van der Waals surface area contributed by atoms with E-state index in [-0.39, 0.29) is 17.9 Å². The summed E-state index contributed by atoms with van der Waals surface area (Å²) in [7, 11) is 0. The second-order valence-electron chi connectivity index (χ2n) is 9.92. The first kappa shape index (κ1) is 25.8. The van der Waals surface area contributed by atoms with Crippen LogP contribution in [0.3, 0.4) is 0 Å². The van der Waals surface area contributed by atoms with E-state index in [1.54, 1.807) is 12.1 Å². The molecule has 0 aliphatic carbocycles. The minimum atomic E-state index is -0.250. The van der Waals surface area contributed by atoms with E-state index >= 15 is 4.39 Å². The van der Waals surface area contributed by atoms with E-state index in [0.717, 1.165) is 37.0 Å². The summed E-state index contributed by atoms with van der Waals surface area (Å²) in [5.41, 5.74) is 2.87. The summed E-state index contributed by atoms with van der Waals surface area (Å²) in [5, 5.41) is 1.57. The van der Waals surface area contributed by atoms with E-state index in [1.807, 2.05) is 24.3 Å². The Balaban J connectivity index is 1.24. The molecule has 188 valence electrons. The number of fused-ring (bicyclic) bond motifs is 1. The number of aryl methyl sites for hydroxylation is 3. The van der Waals surface area contributed by atoms with Gasteiger partial charge in [-0.3, -0.25) is 0 Å². The van der Waals surface area contributed by atoms with Crippen LogP contribution in [0.25, 0.3) is 10.8 Å². The molecule has 1 saturated heterocycles. The van der Waals surface area contributed by atoms with Crippen molar-refractivity contribution in [3.63, 3.8) is 0 Å². The molecule has 0 radical (unpaired) electrons. The van der Waals surface area contributed by atoms with Crippen molar-refractivity contribution >= 4 is 10.8 Å². The van der Waals surface area contributed by atoms with E-state index in [2.05, 4.69) is 13.0 Å². The van der Waals surface area contributed by atoms with Gasteiger partial charge in [0.15, 0.2) is 6.29 Å². The third kappa shape index (κ3) is 7.59. The molecule has 35 heavy (non-hydrogen) atoms. The van der Waals surface area contributed by atoms with Crippen LogP contribution in [-0.4, -0.2) is 19.5 Å². The van der Waals surface area contributed by atoms with Crippen molar-refractivity contribution < 1.29 is 18.3 Å². The molecule has 0 N–H and O–H groups in total. The Hall–Kier alpha value is -2.30. The van der Waals surface area contributed by atoms with Gasteiger partial charge in [0, 0.05) is 17.7 Å². The largest absolute Gasteiger partial charge is 0.352 e. The fraction of sp³-hybridized carbons (Fsp3) is 0.484. The van der Waals surface area contributed by atoms with Gasteiger partial charge in [0.1, 0.15) is 11.6 Å². The average Bonchev–Trinajstić information content (AvgIpc) is 2.88.